The number of nitrogens with zero attached hydrogens (tertiary/aromatic N) is 2. The first-order valence-corrected chi connectivity index (χ1v) is 7.87. The van der Waals surface area contributed by atoms with Crippen molar-refractivity contribution < 1.29 is 9.47 Å². The monoisotopic (exact) mass is 328 g/mol. The molecule has 0 saturated carbocycles. The van der Waals surface area contributed by atoms with E-state index in [0.29, 0.717) is 21.5 Å². The number of amidine groups is 1. The van der Waals surface area contributed by atoms with Gasteiger partial charge in [-0.15, -0.1) is 0 Å². The zero-order valence-corrected chi connectivity index (χ0v) is 13.7. The predicted molar refractivity (Wildman–Crippen MR) is 85.5 cm³/mol. The third-order valence-corrected chi connectivity index (χ3v) is 4.88. The minimum atomic E-state index is 0.362. The molecule has 0 radical (unpaired) electrons. The van der Waals surface area contributed by atoms with Crippen molar-refractivity contribution in [3.8, 4) is 11.5 Å². The maximum Gasteiger partial charge on any atom is 0.165 e. The van der Waals surface area contributed by atoms with Crippen LogP contribution < -0.4 is 9.47 Å². The summed E-state index contributed by atoms with van der Waals surface area (Å²) in [6.45, 7) is 1.76. The fourth-order valence-corrected chi connectivity index (χ4v) is 3.54. The third kappa shape index (κ3) is 2.44. The van der Waals surface area contributed by atoms with Crippen LogP contribution in [0, 0.1) is 0 Å². The van der Waals surface area contributed by atoms with Gasteiger partial charge in [0.1, 0.15) is 27.3 Å². The summed E-state index contributed by atoms with van der Waals surface area (Å²) in [5.74, 6) is 2.25. The zero-order chi connectivity index (χ0) is 15.0. The standard InChI is InChI=1S/C15H18Cl2N2O2/c1-20-14-9-8-19-7-5-3-4-6-10(19)18-13(9)15(21-2)12(17)11(14)16/h3-8H2,1-2H3. The van der Waals surface area contributed by atoms with Gasteiger partial charge < -0.3 is 14.4 Å². The Labute approximate surface area is 134 Å². The smallest absolute Gasteiger partial charge is 0.165 e. The predicted octanol–water partition coefficient (Wildman–Crippen LogP) is 4.43. The molecule has 0 aliphatic carbocycles. The summed E-state index contributed by atoms with van der Waals surface area (Å²) in [5.41, 5.74) is 1.71. The highest BCUT2D eigenvalue weighted by Gasteiger charge is 2.30. The zero-order valence-electron chi connectivity index (χ0n) is 12.2. The SMILES string of the molecule is COc1c(Cl)c(Cl)c(OC)c2c1CN1CCCCCC1=N2. The third-order valence-electron chi connectivity index (χ3n) is 4.06. The molecule has 6 heteroatoms. The van der Waals surface area contributed by atoms with Crippen LogP contribution in [0.1, 0.15) is 31.2 Å². The van der Waals surface area contributed by atoms with Gasteiger partial charge in [-0.2, -0.15) is 0 Å². The number of benzene rings is 1. The van der Waals surface area contributed by atoms with Gasteiger partial charge in [-0.05, 0) is 12.8 Å². The molecule has 0 spiro atoms. The molecule has 0 atom stereocenters. The van der Waals surface area contributed by atoms with E-state index in [1.54, 1.807) is 14.2 Å². The lowest BCUT2D eigenvalue weighted by Crippen LogP contribution is -2.32. The highest BCUT2D eigenvalue weighted by Crippen LogP contribution is 2.51. The molecule has 0 bridgehead atoms. The first-order chi connectivity index (χ1) is 10.2. The van der Waals surface area contributed by atoms with Gasteiger partial charge in [0.05, 0.1) is 20.8 Å². The van der Waals surface area contributed by atoms with E-state index in [0.717, 1.165) is 36.6 Å². The molecule has 1 aromatic rings. The van der Waals surface area contributed by atoms with E-state index in [-0.39, 0.29) is 0 Å². The summed E-state index contributed by atoms with van der Waals surface area (Å²) in [5, 5.41) is 0.754. The molecule has 1 fully saturated rings. The maximum atomic E-state index is 6.32. The average Bonchev–Trinajstić information content (AvgIpc) is 2.72. The van der Waals surface area contributed by atoms with Crippen LogP contribution in [0.2, 0.25) is 10.0 Å². The summed E-state index contributed by atoms with van der Waals surface area (Å²) in [6, 6.07) is 0. The van der Waals surface area contributed by atoms with Crippen LogP contribution in [-0.4, -0.2) is 31.5 Å². The van der Waals surface area contributed by atoms with Gasteiger partial charge in [-0.3, -0.25) is 0 Å². The lowest BCUT2D eigenvalue weighted by Gasteiger charge is -2.31. The van der Waals surface area contributed by atoms with Gasteiger partial charge in [0.2, 0.25) is 0 Å². The van der Waals surface area contributed by atoms with Crippen molar-refractivity contribution >= 4 is 34.7 Å². The summed E-state index contributed by atoms with van der Waals surface area (Å²) < 4.78 is 10.9. The van der Waals surface area contributed by atoms with Crippen LogP contribution in [-0.2, 0) is 6.54 Å². The molecule has 0 unspecified atom stereocenters. The van der Waals surface area contributed by atoms with Crippen molar-refractivity contribution in [3.63, 3.8) is 0 Å². The largest absolute Gasteiger partial charge is 0.495 e. The van der Waals surface area contributed by atoms with Crippen molar-refractivity contribution in [1.82, 2.24) is 4.90 Å². The molecule has 1 aromatic carbocycles. The average molecular weight is 329 g/mol. The van der Waals surface area contributed by atoms with Crippen LogP contribution in [0.5, 0.6) is 11.5 Å². The number of rotatable bonds is 2. The Hall–Kier alpha value is -1.13. The second-order valence-corrected chi connectivity index (χ2v) is 6.04. The Morgan fingerprint density at radius 2 is 1.71 bits per heavy atom. The number of fused-ring (bicyclic) bond motifs is 2. The van der Waals surface area contributed by atoms with Gasteiger partial charge >= 0.3 is 0 Å². The molecular formula is C15H18Cl2N2O2. The van der Waals surface area contributed by atoms with Crippen molar-refractivity contribution in [2.45, 2.75) is 32.2 Å². The van der Waals surface area contributed by atoms with Gasteiger partial charge in [-0.25, -0.2) is 4.99 Å². The number of ether oxygens (including phenoxy) is 2. The number of halogens is 2. The Balaban J connectivity index is 2.19. The van der Waals surface area contributed by atoms with Gasteiger partial charge in [0, 0.05) is 18.5 Å². The van der Waals surface area contributed by atoms with Crippen molar-refractivity contribution in [2.75, 3.05) is 20.8 Å². The Bertz CT molecular complexity index is 602. The van der Waals surface area contributed by atoms with Crippen LogP contribution in [0.15, 0.2) is 4.99 Å². The van der Waals surface area contributed by atoms with Crippen molar-refractivity contribution in [2.24, 2.45) is 4.99 Å². The van der Waals surface area contributed by atoms with E-state index in [9.17, 15) is 0 Å². The molecule has 1 saturated heterocycles. The second kappa shape index (κ2) is 5.93. The highest BCUT2D eigenvalue weighted by atomic mass is 35.5. The highest BCUT2D eigenvalue weighted by molar-refractivity contribution is 6.44. The molecule has 0 amide bonds. The molecule has 2 heterocycles. The quantitative estimate of drug-likeness (QED) is 0.805. The number of hydrogen-bond donors (Lipinski definition) is 0. The van der Waals surface area contributed by atoms with E-state index < -0.39 is 0 Å². The normalized spacial score (nSPS) is 17.5. The Kier molecular flexibility index (Phi) is 4.18. The van der Waals surface area contributed by atoms with E-state index in [4.69, 9.17) is 37.7 Å². The summed E-state index contributed by atoms with van der Waals surface area (Å²) in [4.78, 5) is 7.11. The molecule has 3 rings (SSSR count). The van der Waals surface area contributed by atoms with E-state index >= 15 is 0 Å². The van der Waals surface area contributed by atoms with Crippen molar-refractivity contribution in [1.29, 1.82) is 0 Å². The topological polar surface area (TPSA) is 34.1 Å². The van der Waals surface area contributed by atoms with Crippen LogP contribution in [0.4, 0.5) is 5.69 Å². The van der Waals surface area contributed by atoms with E-state index in [2.05, 4.69) is 4.90 Å². The Morgan fingerprint density at radius 1 is 1.00 bits per heavy atom. The molecule has 0 aromatic heterocycles. The summed E-state index contributed by atoms with van der Waals surface area (Å²) in [6.07, 6.45) is 4.59. The molecule has 0 N–H and O–H groups in total. The van der Waals surface area contributed by atoms with Gasteiger partial charge in [0.25, 0.3) is 0 Å². The Morgan fingerprint density at radius 3 is 2.43 bits per heavy atom. The molecule has 114 valence electrons. The van der Waals surface area contributed by atoms with Crippen LogP contribution in [0.3, 0.4) is 0 Å². The minimum Gasteiger partial charge on any atom is -0.495 e. The molecule has 21 heavy (non-hydrogen) atoms. The number of methoxy groups -OCH3 is 2. The number of aliphatic imine (C=N–C) groups is 1. The van der Waals surface area contributed by atoms with Gasteiger partial charge in [0.15, 0.2) is 5.75 Å². The van der Waals surface area contributed by atoms with E-state index in [1.165, 1.54) is 19.3 Å². The fraction of sp³-hybridized carbons (Fsp3) is 0.533. The van der Waals surface area contributed by atoms with Gasteiger partial charge in [-0.1, -0.05) is 29.6 Å². The summed E-state index contributed by atoms with van der Waals surface area (Å²) in [7, 11) is 3.19. The van der Waals surface area contributed by atoms with Crippen LogP contribution >= 0.6 is 23.2 Å². The fourth-order valence-electron chi connectivity index (χ4n) is 3.01. The lowest BCUT2D eigenvalue weighted by molar-refractivity contribution is 0.367. The first kappa shape index (κ1) is 14.8. The van der Waals surface area contributed by atoms with Crippen molar-refractivity contribution in [3.05, 3.63) is 15.6 Å². The molecular weight excluding hydrogens is 311 g/mol. The first-order valence-electron chi connectivity index (χ1n) is 7.11. The van der Waals surface area contributed by atoms with E-state index in [1.807, 2.05) is 0 Å². The minimum absolute atomic E-state index is 0.362. The number of hydrogen-bond acceptors (Lipinski definition) is 4. The van der Waals surface area contributed by atoms with Crippen LogP contribution in [0.25, 0.3) is 0 Å². The molecule has 2 aliphatic heterocycles. The maximum absolute atomic E-state index is 6.32. The second-order valence-electron chi connectivity index (χ2n) is 5.28. The summed E-state index contributed by atoms with van der Waals surface area (Å²) >= 11 is 12.6. The molecule has 2 aliphatic rings. The lowest BCUT2D eigenvalue weighted by atomic mass is 10.1. The molecule has 4 nitrogen and oxygen atoms in total.